The van der Waals surface area contributed by atoms with Gasteiger partial charge in [0.15, 0.2) is 6.61 Å². The molecule has 1 aromatic heterocycles. The number of carbonyl (C=O) groups excluding carboxylic acids is 2. The molecule has 0 unspecified atom stereocenters. The fourth-order valence-corrected chi connectivity index (χ4v) is 2.75. The minimum atomic E-state index is -0.599. The highest BCUT2D eigenvalue weighted by Crippen LogP contribution is 2.24. The van der Waals surface area contributed by atoms with Crippen molar-refractivity contribution in [1.29, 1.82) is 0 Å². The van der Waals surface area contributed by atoms with Crippen LogP contribution in [0.15, 0.2) is 66.9 Å². The van der Waals surface area contributed by atoms with Gasteiger partial charge in [0.2, 0.25) is 0 Å². The number of rotatable bonds is 9. The van der Waals surface area contributed by atoms with Crippen LogP contribution < -0.4 is 5.32 Å². The van der Waals surface area contributed by atoms with Crippen LogP contribution in [0, 0.1) is 0 Å². The third-order valence-corrected chi connectivity index (χ3v) is 4.18. The minimum Gasteiger partial charge on any atom is -0.452 e. The summed E-state index contributed by atoms with van der Waals surface area (Å²) in [5.41, 5.74) is 2.41. The number of benzene rings is 2. The number of esters is 1. The largest absolute Gasteiger partial charge is 0.452 e. The van der Waals surface area contributed by atoms with Gasteiger partial charge < -0.3 is 14.8 Å². The lowest BCUT2D eigenvalue weighted by Gasteiger charge is -2.06. The number of aromatic nitrogens is 2. The van der Waals surface area contributed by atoms with Crippen molar-refractivity contribution in [2.45, 2.75) is 6.42 Å². The molecule has 150 valence electrons. The molecular formula is C22H23N3O4. The van der Waals surface area contributed by atoms with Crippen molar-refractivity contribution in [2.75, 3.05) is 26.9 Å². The van der Waals surface area contributed by atoms with Gasteiger partial charge in [-0.2, -0.15) is 5.10 Å². The Labute approximate surface area is 169 Å². The summed E-state index contributed by atoms with van der Waals surface area (Å²) < 4.78 is 11.8. The van der Waals surface area contributed by atoms with Crippen LogP contribution in [-0.4, -0.2) is 48.5 Å². The molecule has 1 heterocycles. The van der Waals surface area contributed by atoms with E-state index in [2.05, 4.69) is 10.4 Å². The lowest BCUT2D eigenvalue weighted by molar-refractivity contribution is -0.124. The molecule has 0 atom stereocenters. The molecule has 0 saturated carbocycles. The summed E-state index contributed by atoms with van der Waals surface area (Å²) >= 11 is 0. The van der Waals surface area contributed by atoms with Crippen molar-refractivity contribution < 1.29 is 19.1 Å². The summed E-state index contributed by atoms with van der Waals surface area (Å²) in [6, 6.07) is 18.9. The topological polar surface area (TPSA) is 82.5 Å². The first kappa shape index (κ1) is 20.3. The Bertz CT molecular complexity index is 939. The Balaban J connectivity index is 1.75. The summed E-state index contributed by atoms with van der Waals surface area (Å²) in [7, 11) is 1.60. The number of nitrogens with zero attached hydrogens (tertiary/aromatic N) is 2. The number of hydrogen-bond acceptors (Lipinski definition) is 5. The van der Waals surface area contributed by atoms with Crippen LogP contribution in [0.4, 0.5) is 0 Å². The molecule has 7 heteroatoms. The van der Waals surface area contributed by atoms with Gasteiger partial charge in [-0.1, -0.05) is 48.5 Å². The fraction of sp³-hybridized carbons (Fsp3) is 0.227. The normalized spacial score (nSPS) is 10.5. The highest BCUT2D eigenvalue weighted by atomic mass is 16.5. The highest BCUT2D eigenvalue weighted by molar-refractivity contribution is 5.97. The average Bonchev–Trinajstić information content (AvgIpc) is 3.22. The number of nitrogens with one attached hydrogen (secondary N) is 1. The van der Waals surface area contributed by atoms with Crippen molar-refractivity contribution in [3.8, 4) is 16.9 Å². The fourth-order valence-electron chi connectivity index (χ4n) is 2.75. The second-order valence-electron chi connectivity index (χ2n) is 6.31. The van der Waals surface area contributed by atoms with E-state index in [4.69, 9.17) is 9.47 Å². The molecule has 0 fully saturated rings. The van der Waals surface area contributed by atoms with Gasteiger partial charge in [0.1, 0.15) is 11.3 Å². The number of para-hydroxylation sites is 1. The molecule has 1 amide bonds. The van der Waals surface area contributed by atoms with Crippen molar-refractivity contribution in [2.24, 2.45) is 0 Å². The SMILES string of the molecule is COCCCNC(=O)COC(=O)c1cn(-c2ccccc2)nc1-c1ccccc1. The maximum atomic E-state index is 12.7. The molecule has 0 aliphatic carbocycles. The van der Waals surface area contributed by atoms with Gasteiger partial charge >= 0.3 is 5.97 Å². The molecule has 7 nitrogen and oxygen atoms in total. The molecule has 3 rings (SSSR count). The van der Waals surface area contributed by atoms with E-state index in [1.807, 2.05) is 60.7 Å². The third-order valence-electron chi connectivity index (χ3n) is 4.18. The van der Waals surface area contributed by atoms with E-state index in [1.54, 1.807) is 18.0 Å². The second-order valence-corrected chi connectivity index (χ2v) is 6.31. The van der Waals surface area contributed by atoms with E-state index in [9.17, 15) is 9.59 Å². The molecule has 1 N–H and O–H groups in total. The van der Waals surface area contributed by atoms with E-state index in [1.165, 1.54) is 0 Å². The molecule has 0 saturated heterocycles. The predicted octanol–water partition coefficient (Wildman–Crippen LogP) is 2.85. The molecule has 0 bridgehead atoms. The summed E-state index contributed by atoms with van der Waals surface area (Å²) in [6.45, 7) is 0.668. The maximum Gasteiger partial charge on any atom is 0.342 e. The molecule has 3 aromatic rings. The lowest BCUT2D eigenvalue weighted by Crippen LogP contribution is -2.30. The molecular weight excluding hydrogens is 370 g/mol. The molecule has 0 aliphatic heterocycles. The van der Waals surface area contributed by atoms with Gasteiger partial charge in [-0.05, 0) is 18.6 Å². The van der Waals surface area contributed by atoms with Gasteiger partial charge in [-0.25, -0.2) is 9.48 Å². The molecule has 0 aliphatic rings. The Kier molecular flexibility index (Phi) is 7.13. The Hall–Kier alpha value is -3.45. The van der Waals surface area contributed by atoms with Crippen molar-refractivity contribution in [1.82, 2.24) is 15.1 Å². The monoisotopic (exact) mass is 393 g/mol. The number of amides is 1. The Morgan fingerprint density at radius 2 is 1.72 bits per heavy atom. The van der Waals surface area contributed by atoms with E-state index >= 15 is 0 Å². The van der Waals surface area contributed by atoms with Crippen molar-refractivity contribution in [3.63, 3.8) is 0 Å². The summed E-state index contributed by atoms with van der Waals surface area (Å²) in [5, 5.41) is 7.25. The van der Waals surface area contributed by atoms with Gasteiger partial charge in [0.05, 0.1) is 5.69 Å². The number of methoxy groups -OCH3 is 1. The van der Waals surface area contributed by atoms with E-state index in [0.717, 1.165) is 11.3 Å². The van der Waals surface area contributed by atoms with Crippen molar-refractivity contribution >= 4 is 11.9 Å². The van der Waals surface area contributed by atoms with Crippen LogP contribution in [0.25, 0.3) is 16.9 Å². The van der Waals surface area contributed by atoms with Gasteiger partial charge in [0, 0.05) is 32.0 Å². The first-order chi connectivity index (χ1) is 14.2. The van der Waals surface area contributed by atoms with Gasteiger partial charge in [0.25, 0.3) is 5.91 Å². The summed E-state index contributed by atoms with van der Waals surface area (Å²) in [5.74, 6) is -0.954. The Morgan fingerprint density at radius 1 is 1.03 bits per heavy atom. The second kappa shape index (κ2) is 10.2. The van der Waals surface area contributed by atoms with Crippen molar-refractivity contribution in [3.05, 3.63) is 72.4 Å². The van der Waals surface area contributed by atoms with E-state index in [-0.39, 0.29) is 12.5 Å². The predicted molar refractivity (Wildman–Crippen MR) is 109 cm³/mol. The third kappa shape index (κ3) is 5.52. The van der Waals surface area contributed by atoms with Gasteiger partial charge in [-0.15, -0.1) is 0 Å². The highest BCUT2D eigenvalue weighted by Gasteiger charge is 2.20. The molecule has 2 aromatic carbocycles. The molecule has 0 radical (unpaired) electrons. The molecule has 0 spiro atoms. The lowest BCUT2D eigenvalue weighted by atomic mass is 10.1. The Morgan fingerprint density at radius 3 is 2.41 bits per heavy atom. The quantitative estimate of drug-likeness (QED) is 0.447. The van der Waals surface area contributed by atoms with Gasteiger partial charge in [-0.3, -0.25) is 4.79 Å². The van der Waals surface area contributed by atoms with E-state index in [0.29, 0.717) is 30.8 Å². The minimum absolute atomic E-state index is 0.298. The first-order valence-corrected chi connectivity index (χ1v) is 9.32. The van der Waals surface area contributed by atoms with Crippen LogP contribution in [0.5, 0.6) is 0 Å². The summed E-state index contributed by atoms with van der Waals surface area (Å²) in [6.07, 6.45) is 2.31. The zero-order valence-electron chi connectivity index (χ0n) is 16.2. The zero-order chi connectivity index (χ0) is 20.5. The smallest absolute Gasteiger partial charge is 0.342 e. The number of carbonyl (C=O) groups is 2. The first-order valence-electron chi connectivity index (χ1n) is 9.32. The van der Waals surface area contributed by atoms with Crippen LogP contribution >= 0.6 is 0 Å². The molecule has 29 heavy (non-hydrogen) atoms. The number of hydrogen-bond donors (Lipinski definition) is 1. The maximum absolute atomic E-state index is 12.7. The summed E-state index contributed by atoms with van der Waals surface area (Å²) in [4.78, 5) is 24.6. The average molecular weight is 393 g/mol. The number of ether oxygens (including phenoxy) is 2. The zero-order valence-corrected chi connectivity index (χ0v) is 16.2. The van der Waals surface area contributed by atoms with Crippen LogP contribution in [0.1, 0.15) is 16.8 Å². The standard InChI is InChI=1S/C22H23N3O4/c1-28-14-8-13-23-20(26)16-29-22(27)19-15-25(18-11-6-3-7-12-18)24-21(19)17-9-4-2-5-10-17/h2-7,9-12,15H,8,13-14,16H2,1H3,(H,23,26). The van der Waals surface area contributed by atoms with E-state index < -0.39 is 5.97 Å². The van der Waals surface area contributed by atoms with Crippen LogP contribution in [-0.2, 0) is 14.3 Å². The van der Waals surface area contributed by atoms with Crippen LogP contribution in [0.2, 0.25) is 0 Å². The van der Waals surface area contributed by atoms with Crippen LogP contribution in [0.3, 0.4) is 0 Å².